The molecule has 28 heavy (non-hydrogen) atoms. The maximum Gasteiger partial charge on any atom is 0.227 e. The first kappa shape index (κ1) is 19.9. The Morgan fingerprint density at radius 2 is 1.93 bits per heavy atom. The molecule has 2 aromatic rings. The average molecular weight is 380 g/mol. The molecule has 1 aliphatic heterocycles. The molecule has 5 heteroatoms. The Hall–Kier alpha value is -2.82. The van der Waals surface area contributed by atoms with Gasteiger partial charge < -0.3 is 15.0 Å². The summed E-state index contributed by atoms with van der Waals surface area (Å²) in [6.07, 6.45) is 1.26. The molecule has 0 aliphatic carbocycles. The van der Waals surface area contributed by atoms with E-state index in [1.807, 2.05) is 42.5 Å². The Morgan fingerprint density at radius 1 is 1.21 bits per heavy atom. The van der Waals surface area contributed by atoms with E-state index in [4.69, 9.17) is 4.74 Å². The number of nitrogens with zero attached hydrogens (tertiary/aromatic N) is 1. The van der Waals surface area contributed by atoms with E-state index in [9.17, 15) is 9.59 Å². The van der Waals surface area contributed by atoms with E-state index < -0.39 is 0 Å². The maximum absolute atomic E-state index is 12.6. The predicted molar refractivity (Wildman–Crippen MR) is 110 cm³/mol. The van der Waals surface area contributed by atoms with Crippen LogP contribution in [0.5, 0.6) is 5.75 Å². The van der Waals surface area contributed by atoms with Crippen molar-refractivity contribution in [2.24, 2.45) is 5.92 Å². The van der Waals surface area contributed by atoms with Gasteiger partial charge >= 0.3 is 0 Å². The van der Waals surface area contributed by atoms with Crippen molar-refractivity contribution < 1.29 is 14.3 Å². The van der Waals surface area contributed by atoms with Gasteiger partial charge in [-0.25, -0.2) is 0 Å². The van der Waals surface area contributed by atoms with Crippen LogP contribution in [-0.2, 0) is 16.1 Å². The van der Waals surface area contributed by atoms with Gasteiger partial charge in [0.15, 0.2) is 0 Å². The summed E-state index contributed by atoms with van der Waals surface area (Å²) >= 11 is 0. The van der Waals surface area contributed by atoms with Gasteiger partial charge in [-0.1, -0.05) is 44.2 Å². The summed E-state index contributed by atoms with van der Waals surface area (Å²) in [5, 5.41) is 2.96. The number of hydrogen-bond acceptors (Lipinski definition) is 3. The molecule has 0 unspecified atom stereocenters. The number of para-hydroxylation sites is 1. The number of anilines is 1. The Balaban J connectivity index is 1.64. The van der Waals surface area contributed by atoms with Crippen molar-refractivity contribution >= 4 is 17.5 Å². The van der Waals surface area contributed by atoms with Crippen LogP contribution in [0, 0.1) is 5.92 Å². The first-order valence-electron chi connectivity index (χ1n) is 9.83. The van der Waals surface area contributed by atoms with E-state index in [-0.39, 0.29) is 24.2 Å². The van der Waals surface area contributed by atoms with Crippen LogP contribution in [0.1, 0.15) is 43.7 Å². The molecule has 0 radical (unpaired) electrons. The van der Waals surface area contributed by atoms with Crippen molar-refractivity contribution in [1.82, 2.24) is 5.32 Å². The summed E-state index contributed by atoms with van der Waals surface area (Å²) in [4.78, 5) is 27.0. The Labute approximate surface area is 166 Å². The highest BCUT2D eigenvalue weighted by atomic mass is 16.5. The third-order valence-electron chi connectivity index (χ3n) is 5.49. The van der Waals surface area contributed by atoms with E-state index in [1.165, 1.54) is 0 Å². The number of nitrogens with one attached hydrogen (secondary N) is 1. The predicted octanol–water partition coefficient (Wildman–Crippen LogP) is 3.88. The van der Waals surface area contributed by atoms with Crippen LogP contribution in [0.2, 0.25) is 0 Å². The van der Waals surface area contributed by atoms with Crippen LogP contribution in [0.25, 0.3) is 0 Å². The van der Waals surface area contributed by atoms with E-state index in [1.54, 1.807) is 12.0 Å². The second-order valence-electron chi connectivity index (χ2n) is 7.34. The third-order valence-corrected chi connectivity index (χ3v) is 5.49. The number of benzene rings is 2. The van der Waals surface area contributed by atoms with E-state index >= 15 is 0 Å². The molecule has 0 bridgehead atoms. The molecule has 2 aromatic carbocycles. The highest BCUT2D eigenvalue weighted by molar-refractivity contribution is 6.00. The second-order valence-corrected chi connectivity index (χ2v) is 7.34. The van der Waals surface area contributed by atoms with Crippen LogP contribution < -0.4 is 15.0 Å². The molecular weight excluding hydrogens is 352 g/mol. The van der Waals surface area contributed by atoms with E-state index in [0.717, 1.165) is 29.0 Å². The number of ether oxygens (including phenoxy) is 1. The third kappa shape index (κ3) is 4.35. The normalized spacial score (nSPS) is 17.5. The summed E-state index contributed by atoms with van der Waals surface area (Å²) < 4.78 is 5.15. The smallest absolute Gasteiger partial charge is 0.227 e. The molecule has 0 spiro atoms. The van der Waals surface area contributed by atoms with Crippen LogP contribution in [-0.4, -0.2) is 25.5 Å². The maximum atomic E-state index is 12.6. The Kier molecular flexibility index (Phi) is 6.34. The van der Waals surface area contributed by atoms with Gasteiger partial charge in [-0.05, 0) is 41.7 Å². The lowest BCUT2D eigenvalue weighted by Gasteiger charge is -2.23. The number of rotatable bonds is 7. The summed E-state index contributed by atoms with van der Waals surface area (Å²) in [6, 6.07) is 15.6. The average Bonchev–Trinajstić information content (AvgIpc) is 3.13. The quantitative estimate of drug-likeness (QED) is 0.793. The van der Waals surface area contributed by atoms with Crippen molar-refractivity contribution in [1.29, 1.82) is 0 Å². The minimum atomic E-state index is -0.323. The standard InChI is InChI=1S/C23H28N2O3/c1-4-16(2)20-7-5-6-8-21(20)25-15-18(13-22(25)26)23(27)24-14-17-9-11-19(28-3)12-10-17/h5-12,16,18H,4,13-15H2,1-3H3,(H,24,27)/t16-,18-/m0/s1. The van der Waals surface area contributed by atoms with Gasteiger partial charge in [-0.15, -0.1) is 0 Å². The van der Waals surface area contributed by atoms with Crippen molar-refractivity contribution in [3.05, 3.63) is 59.7 Å². The zero-order valence-electron chi connectivity index (χ0n) is 16.8. The van der Waals surface area contributed by atoms with Crippen molar-refractivity contribution in [2.45, 2.75) is 39.2 Å². The molecule has 1 saturated heterocycles. The highest BCUT2D eigenvalue weighted by Crippen LogP contribution is 2.33. The SMILES string of the molecule is CC[C@H](C)c1ccccc1N1C[C@@H](C(=O)NCc2ccc(OC)cc2)CC1=O. The molecule has 1 aliphatic rings. The fraction of sp³-hybridized carbons (Fsp3) is 0.391. The molecular formula is C23H28N2O3. The molecule has 2 atom stereocenters. The van der Waals surface area contributed by atoms with E-state index in [2.05, 4.69) is 25.2 Å². The largest absolute Gasteiger partial charge is 0.497 e. The monoisotopic (exact) mass is 380 g/mol. The van der Waals surface area contributed by atoms with Gasteiger partial charge in [0.25, 0.3) is 0 Å². The molecule has 0 saturated carbocycles. The van der Waals surface area contributed by atoms with Gasteiger partial charge in [-0.3, -0.25) is 9.59 Å². The summed E-state index contributed by atoms with van der Waals surface area (Å²) in [6.45, 7) is 5.18. The number of methoxy groups -OCH3 is 1. The van der Waals surface area contributed by atoms with Crippen LogP contribution in [0.3, 0.4) is 0 Å². The highest BCUT2D eigenvalue weighted by Gasteiger charge is 2.36. The zero-order valence-corrected chi connectivity index (χ0v) is 16.8. The first-order valence-corrected chi connectivity index (χ1v) is 9.83. The van der Waals surface area contributed by atoms with Crippen LogP contribution in [0.15, 0.2) is 48.5 Å². The summed E-state index contributed by atoms with van der Waals surface area (Å²) in [5.41, 5.74) is 3.10. The van der Waals surface area contributed by atoms with Crippen LogP contribution >= 0.6 is 0 Å². The number of hydrogen-bond donors (Lipinski definition) is 1. The number of carbonyl (C=O) groups excluding carboxylic acids is 2. The van der Waals surface area contributed by atoms with Gasteiger partial charge in [0.05, 0.1) is 13.0 Å². The molecule has 3 rings (SSSR count). The fourth-order valence-electron chi connectivity index (χ4n) is 3.56. The Morgan fingerprint density at radius 3 is 2.61 bits per heavy atom. The van der Waals surface area contributed by atoms with Gasteiger partial charge in [0.1, 0.15) is 5.75 Å². The number of carbonyl (C=O) groups is 2. The lowest BCUT2D eigenvalue weighted by molar-refractivity contribution is -0.126. The molecule has 0 aromatic heterocycles. The summed E-state index contributed by atoms with van der Waals surface area (Å²) in [7, 11) is 1.62. The molecule has 148 valence electrons. The molecule has 1 N–H and O–H groups in total. The zero-order chi connectivity index (χ0) is 20.1. The second kappa shape index (κ2) is 8.91. The first-order chi connectivity index (χ1) is 13.5. The lowest BCUT2D eigenvalue weighted by Crippen LogP contribution is -2.32. The topological polar surface area (TPSA) is 58.6 Å². The van der Waals surface area contributed by atoms with Gasteiger partial charge in [0, 0.05) is 25.2 Å². The Bertz CT molecular complexity index is 832. The number of amides is 2. The molecule has 2 amide bonds. The minimum absolute atomic E-state index is 0.0142. The van der Waals surface area contributed by atoms with Crippen molar-refractivity contribution in [3.8, 4) is 5.75 Å². The fourth-order valence-corrected chi connectivity index (χ4v) is 3.56. The van der Waals surface area contributed by atoms with E-state index in [0.29, 0.717) is 19.0 Å². The molecule has 1 fully saturated rings. The molecule has 1 heterocycles. The van der Waals surface area contributed by atoms with Gasteiger partial charge in [-0.2, -0.15) is 0 Å². The van der Waals surface area contributed by atoms with Gasteiger partial charge in [0.2, 0.25) is 11.8 Å². The minimum Gasteiger partial charge on any atom is -0.497 e. The summed E-state index contributed by atoms with van der Waals surface area (Å²) in [5.74, 6) is 0.766. The van der Waals surface area contributed by atoms with Crippen molar-refractivity contribution in [2.75, 3.05) is 18.6 Å². The van der Waals surface area contributed by atoms with Crippen molar-refractivity contribution in [3.63, 3.8) is 0 Å². The molecule has 5 nitrogen and oxygen atoms in total. The van der Waals surface area contributed by atoms with Crippen LogP contribution in [0.4, 0.5) is 5.69 Å². The lowest BCUT2D eigenvalue weighted by atomic mass is 9.96.